The van der Waals surface area contributed by atoms with E-state index in [-0.39, 0.29) is 5.92 Å². The molecule has 1 aliphatic heterocycles. The van der Waals surface area contributed by atoms with E-state index in [2.05, 4.69) is 6.92 Å². The van der Waals surface area contributed by atoms with Crippen LogP contribution in [0.4, 0.5) is 0 Å². The highest BCUT2D eigenvalue weighted by atomic mass is 16.2. The molecule has 0 bridgehead atoms. The molecule has 80 valence electrons. The zero-order valence-corrected chi connectivity index (χ0v) is 9.15. The average molecular weight is 203 g/mol. The van der Waals surface area contributed by atoms with Gasteiger partial charge in [-0.1, -0.05) is 37.3 Å². The number of rotatable bonds is 3. The summed E-state index contributed by atoms with van der Waals surface area (Å²) < 4.78 is 0. The van der Waals surface area contributed by atoms with Gasteiger partial charge in [0.25, 0.3) is 0 Å². The smallest absolute Gasteiger partial charge is 0.230 e. The molecule has 0 aliphatic carbocycles. The summed E-state index contributed by atoms with van der Waals surface area (Å²) in [5.41, 5.74) is 1.15. The Labute approximate surface area is 90.9 Å². The average Bonchev–Trinajstić information content (AvgIpc) is 2.18. The Morgan fingerprint density at radius 1 is 1.33 bits per heavy atom. The van der Waals surface area contributed by atoms with Gasteiger partial charge in [-0.15, -0.1) is 0 Å². The molecule has 0 radical (unpaired) electrons. The van der Waals surface area contributed by atoms with Crippen LogP contribution in [-0.4, -0.2) is 23.9 Å². The van der Waals surface area contributed by atoms with E-state index in [1.165, 1.54) is 0 Å². The molecule has 2 rings (SSSR count). The van der Waals surface area contributed by atoms with Gasteiger partial charge in [-0.3, -0.25) is 4.79 Å². The topological polar surface area (TPSA) is 20.3 Å². The molecule has 1 atom stereocenters. The van der Waals surface area contributed by atoms with Crippen molar-refractivity contribution in [2.24, 2.45) is 0 Å². The molecular formula is C13H17NO. The van der Waals surface area contributed by atoms with Gasteiger partial charge in [0.15, 0.2) is 0 Å². The predicted molar refractivity (Wildman–Crippen MR) is 60.7 cm³/mol. The maximum absolute atomic E-state index is 12.1. The van der Waals surface area contributed by atoms with E-state index in [1.54, 1.807) is 0 Å². The molecule has 0 N–H and O–H groups in total. The Balaban J connectivity index is 2.13. The molecule has 1 fully saturated rings. The summed E-state index contributed by atoms with van der Waals surface area (Å²) in [7, 11) is 0. The first-order chi connectivity index (χ1) is 7.33. The summed E-state index contributed by atoms with van der Waals surface area (Å²) in [5, 5.41) is 0. The lowest BCUT2D eigenvalue weighted by Gasteiger charge is -2.34. The summed E-state index contributed by atoms with van der Waals surface area (Å²) in [6.45, 7) is 3.97. The molecule has 2 nitrogen and oxygen atoms in total. The van der Waals surface area contributed by atoms with Gasteiger partial charge in [0, 0.05) is 13.1 Å². The highest BCUT2D eigenvalue weighted by Crippen LogP contribution is 2.24. The molecule has 1 saturated heterocycles. The highest BCUT2D eigenvalue weighted by molar-refractivity contribution is 5.84. The third kappa shape index (κ3) is 2.04. The second-order valence-corrected chi connectivity index (χ2v) is 4.05. The van der Waals surface area contributed by atoms with Crippen LogP contribution in [0.25, 0.3) is 0 Å². The van der Waals surface area contributed by atoms with Gasteiger partial charge < -0.3 is 4.90 Å². The summed E-state index contributed by atoms with van der Waals surface area (Å²) in [4.78, 5) is 14.0. The maximum Gasteiger partial charge on any atom is 0.230 e. The van der Waals surface area contributed by atoms with Crippen molar-refractivity contribution in [3.05, 3.63) is 35.9 Å². The summed E-state index contributed by atoms with van der Waals surface area (Å²) in [6.07, 6.45) is 2.05. The van der Waals surface area contributed by atoms with Gasteiger partial charge in [-0.25, -0.2) is 0 Å². The number of amides is 1. The lowest BCUT2D eigenvalue weighted by Crippen LogP contribution is -2.44. The SMILES string of the molecule is CCC(C(=O)N1CCC1)c1ccccc1. The van der Waals surface area contributed by atoms with Gasteiger partial charge in [0.2, 0.25) is 5.91 Å². The Morgan fingerprint density at radius 3 is 2.47 bits per heavy atom. The van der Waals surface area contributed by atoms with E-state index in [0.29, 0.717) is 5.91 Å². The van der Waals surface area contributed by atoms with Crippen LogP contribution < -0.4 is 0 Å². The van der Waals surface area contributed by atoms with Gasteiger partial charge >= 0.3 is 0 Å². The molecule has 1 amide bonds. The van der Waals surface area contributed by atoms with Gasteiger partial charge in [-0.05, 0) is 18.4 Å². The molecule has 1 aliphatic rings. The van der Waals surface area contributed by atoms with E-state index >= 15 is 0 Å². The molecule has 15 heavy (non-hydrogen) atoms. The first-order valence-corrected chi connectivity index (χ1v) is 5.66. The van der Waals surface area contributed by atoms with Crippen molar-refractivity contribution >= 4 is 5.91 Å². The van der Waals surface area contributed by atoms with Gasteiger partial charge in [0.05, 0.1) is 5.92 Å². The molecule has 0 saturated carbocycles. The third-order valence-corrected chi connectivity index (χ3v) is 3.08. The molecule has 2 heteroatoms. The van der Waals surface area contributed by atoms with Gasteiger partial charge in [0.1, 0.15) is 0 Å². The van der Waals surface area contributed by atoms with Crippen molar-refractivity contribution in [3.8, 4) is 0 Å². The van der Waals surface area contributed by atoms with Crippen LogP contribution >= 0.6 is 0 Å². The number of benzene rings is 1. The zero-order chi connectivity index (χ0) is 10.7. The van der Waals surface area contributed by atoms with E-state index in [4.69, 9.17) is 0 Å². The van der Waals surface area contributed by atoms with Crippen LogP contribution in [0, 0.1) is 0 Å². The Hall–Kier alpha value is -1.31. The summed E-state index contributed by atoms with van der Waals surface area (Å²) >= 11 is 0. The highest BCUT2D eigenvalue weighted by Gasteiger charge is 2.27. The quantitative estimate of drug-likeness (QED) is 0.738. The fourth-order valence-corrected chi connectivity index (χ4v) is 2.00. The minimum absolute atomic E-state index is 0.0616. The van der Waals surface area contributed by atoms with Crippen molar-refractivity contribution < 1.29 is 4.79 Å². The van der Waals surface area contributed by atoms with Crippen LogP contribution in [-0.2, 0) is 4.79 Å². The summed E-state index contributed by atoms with van der Waals surface area (Å²) in [6, 6.07) is 10.1. The molecule has 0 spiro atoms. The van der Waals surface area contributed by atoms with Crippen molar-refractivity contribution in [1.82, 2.24) is 4.90 Å². The van der Waals surface area contributed by atoms with Crippen molar-refractivity contribution in [1.29, 1.82) is 0 Å². The number of hydrogen-bond acceptors (Lipinski definition) is 1. The minimum atomic E-state index is 0.0616. The normalized spacial score (nSPS) is 17.0. The van der Waals surface area contributed by atoms with Crippen molar-refractivity contribution in [2.75, 3.05) is 13.1 Å². The molecule has 0 aromatic heterocycles. The Morgan fingerprint density at radius 2 is 2.00 bits per heavy atom. The van der Waals surface area contributed by atoms with E-state index in [1.807, 2.05) is 35.2 Å². The van der Waals surface area contributed by atoms with Crippen LogP contribution in [0.3, 0.4) is 0 Å². The number of carbonyl (C=O) groups excluding carboxylic acids is 1. The van der Waals surface area contributed by atoms with E-state index in [9.17, 15) is 4.79 Å². The van der Waals surface area contributed by atoms with E-state index in [0.717, 1.165) is 31.5 Å². The molecule has 1 heterocycles. The van der Waals surface area contributed by atoms with Crippen LogP contribution in [0.15, 0.2) is 30.3 Å². The second kappa shape index (κ2) is 4.47. The van der Waals surface area contributed by atoms with Gasteiger partial charge in [-0.2, -0.15) is 0 Å². The Kier molecular flexibility index (Phi) is 3.05. The number of nitrogens with zero attached hydrogens (tertiary/aromatic N) is 1. The standard InChI is InChI=1S/C13H17NO/c1-2-12(11-7-4-3-5-8-11)13(15)14-9-6-10-14/h3-5,7-8,12H,2,6,9-10H2,1H3. The van der Waals surface area contributed by atoms with Crippen LogP contribution in [0.2, 0.25) is 0 Å². The number of carbonyl (C=O) groups is 1. The molecule has 1 aromatic rings. The fraction of sp³-hybridized carbons (Fsp3) is 0.462. The second-order valence-electron chi connectivity index (χ2n) is 4.05. The van der Waals surface area contributed by atoms with E-state index < -0.39 is 0 Å². The lowest BCUT2D eigenvalue weighted by molar-refractivity contribution is -0.136. The number of hydrogen-bond donors (Lipinski definition) is 0. The fourth-order valence-electron chi connectivity index (χ4n) is 2.00. The first-order valence-electron chi connectivity index (χ1n) is 5.66. The zero-order valence-electron chi connectivity index (χ0n) is 9.15. The largest absolute Gasteiger partial charge is 0.342 e. The third-order valence-electron chi connectivity index (χ3n) is 3.08. The van der Waals surface area contributed by atoms with Crippen LogP contribution in [0.1, 0.15) is 31.2 Å². The molecule has 1 unspecified atom stereocenters. The minimum Gasteiger partial charge on any atom is -0.342 e. The summed E-state index contributed by atoms with van der Waals surface area (Å²) in [5.74, 6) is 0.362. The maximum atomic E-state index is 12.1. The van der Waals surface area contributed by atoms with Crippen molar-refractivity contribution in [3.63, 3.8) is 0 Å². The Bertz CT molecular complexity index is 330. The monoisotopic (exact) mass is 203 g/mol. The predicted octanol–water partition coefficient (Wildman–Crippen LogP) is 2.41. The first kappa shape index (κ1) is 10.2. The van der Waals surface area contributed by atoms with Crippen LogP contribution in [0.5, 0.6) is 0 Å². The molecular weight excluding hydrogens is 186 g/mol. The molecule has 1 aromatic carbocycles. The van der Waals surface area contributed by atoms with Crippen molar-refractivity contribution in [2.45, 2.75) is 25.7 Å². The number of likely N-dealkylation sites (tertiary alicyclic amines) is 1. The lowest BCUT2D eigenvalue weighted by atomic mass is 9.94.